The molecule has 12 rings (SSSR count). The molecule has 1 aromatic heterocycles. The Labute approximate surface area is 368 Å². The number of hydrogen-bond acceptors (Lipinski definition) is 1. The fraction of sp³-hybridized carbons (Fsp3) is 0.0492. The summed E-state index contributed by atoms with van der Waals surface area (Å²) in [6, 6.07) is 84.7. The maximum atomic E-state index is 2.51. The molecule has 10 aromatic carbocycles. The van der Waals surface area contributed by atoms with E-state index >= 15 is 0 Å². The van der Waals surface area contributed by atoms with E-state index in [1.165, 1.54) is 99.6 Å². The molecule has 1 aliphatic carbocycles. The number of benzene rings is 10. The lowest BCUT2D eigenvalue weighted by Crippen LogP contribution is -2.16. The predicted octanol–water partition coefficient (Wildman–Crippen LogP) is 16.7. The Balaban J connectivity index is 1.06. The molecular formula is C61H44N2. The fourth-order valence-electron chi connectivity index (χ4n) is 10.4. The van der Waals surface area contributed by atoms with Crippen molar-refractivity contribution < 1.29 is 0 Å². The van der Waals surface area contributed by atoms with Crippen LogP contribution in [-0.2, 0) is 5.41 Å². The maximum absolute atomic E-state index is 2.51. The molecule has 0 atom stereocenters. The second-order valence-electron chi connectivity index (χ2n) is 17.3. The molecule has 2 nitrogen and oxygen atoms in total. The molecule has 0 saturated carbocycles. The molecule has 0 aliphatic heterocycles. The Morgan fingerprint density at radius 1 is 0.365 bits per heavy atom. The van der Waals surface area contributed by atoms with E-state index in [0.29, 0.717) is 0 Å². The summed E-state index contributed by atoms with van der Waals surface area (Å²) in [7, 11) is 0. The number of anilines is 3. The zero-order valence-corrected chi connectivity index (χ0v) is 35.3. The molecule has 0 amide bonds. The van der Waals surface area contributed by atoms with Gasteiger partial charge in [-0.15, -0.1) is 0 Å². The van der Waals surface area contributed by atoms with Crippen LogP contribution in [0.5, 0.6) is 0 Å². The van der Waals surface area contributed by atoms with Gasteiger partial charge in [0.2, 0.25) is 0 Å². The summed E-state index contributed by atoms with van der Waals surface area (Å²) in [5.74, 6) is 0. The van der Waals surface area contributed by atoms with Gasteiger partial charge in [0.15, 0.2) is 0 Å². The van der Waals surface area contributed by atoms with Crippen molar-refractivity contribution >= 4 is 49.6 Å². The third-order valence-electron chi connectivity index (χ3n) is 13.4. The molecule has 0 N–H and O–H groups in total. The molecular weight excluding hydrogens is 761 g/mol. The first kappa shape index (κ1) is 36.9. The van der Waals surface area contributed by atoms with Gasteiger partial charge in [0.25, 0.3) is 0 Å². The molecule has 0 saturated heterocycles. The van der Waals surface area contributed by atoms with Crippen LogP contribution in [-0.4, -0.2) is 4.57 Å². The molecule has 0 fully saturated rings. The SMILES string of the molecule is CC1(C)c2ccccc2-c2c(N(c3ccc(-c4ccc5c(c4)c4ccccc4n5-c4ccccc4)cc3)c3ccccc3-c3ccc4ccccc4c3-c3ccccc3)cccc21. The first-order valence-electron chi connectivity index (χ1n) is 21.9. The normalized spacial score (nSPS) is 12.7. The van der Waals surface area contributed by atoms with Gasteiger partial charge in [-0.3, -0.25) is 0 Å². The summed E-state index contributed by atoms with van der Waals surface area (Å²) in [6.45, 7) is 4.73. The minimum atomic E-state index is -0.141. The molecule has 2 heteroatoms. The van der Waals surface area contributed by atoms with Crippen LogP contribution in [0.25, 0.3) is 82.8 Å². The van der Waals surface area contributed by atoms with E-state index in [-0.39, 0.29) is 5.41 Å². The van der Waals surface area contributed by atoms with Gasteiger partial charge in [-0.05, 0) is 110 Å². The molecule has 0 radical (unpaired) electrons. The van der Waals surface area contributed by atoms with E-state index in [4.69, 9.17) is 0 Å². The van der Waals surface area contributed by atoms with Crippen LogP contribution in [0.4, 0.5) is 17.1 Å². The van der Waals surface area contributed by atoms with Crippen molar-refractivity contribution in [3.8, 4) is 50.2 Å². The molecule has 11 aromatic rings. The minimum absolute atomic E-state index is 0.141. The lowest BCUT2D eigenvalue weighted by molar-refractivity contribution is 0.660. The van der Waals surface area contributed by atoms with Crippen molar-refractivity contribution in [3.05, 3.63) is 242 Å². The van der Waals surface area contributed by atoms with E-state index < -0.39 is 0 Å². The zero-order valence-electron chi connectivity index (χ0n) is 35.3. The highest BCUT2D eigenvalue weighted by Gasteiger charge is 2.38. The average molecular weight is 805 g/mol. The van der Waals surface area contributed by atoms with Gasteiger partial charge in [0, 0.05) is 38.7 Å². The van der Waals surface area contributed by atoms with Crippen LogP contribution in [0.1, 0.15) is 25.0 Å². The number of aromatic nitrogens is 1. The van der Waals surface area contributed by atoms with Crippen LogP contribution >= 0.6 is 0 Å². The number of rotatable bonds is 7. The van der Waals surface area contributed by atoms with Crippen molar-refractivity contribution in [1.82, 2.24) is 4.57 Å². The second kappa shape index (κ2) is 14.6. The van der Waals surface area contributed by atoms with E-state index in [1.807, 2.05) is 0 Å². The topological polar surface area (TPSA) is 8.17 Å². The highest BCUT2D eigenvalue weighted by atomic mass is 15.1. The smallest absolute Gasteiger partial charge is 0.0543 e. The monoisotopic (exact) mass is 804 g/mol. The van der Waals surface area contributed by atoms with Gasteiger partial charge in [-0.1, -0.05) is 190 Å². The van der Waals surface area contributed by atoms with Gasteiger partial charge in [0.05, 0.1) is 22.4 Å². The molecule has 1 heterocycles. The molecule has 298 valence electrons. The van der Waals surface area contributed by atoms with Crippen LogP contribution in [0.15, 0.2) is 231 Å². The van der Waals surface area contributed by atoms with Gasteiger partial charge in [-0.2, -0.15) is 0 Å². The summed E-state index contributed by atoms with van der Waals surface area (Å²) in [5.41, 5.74) is 19.3. The van der Waals surface area contributed by atoms with E-state index in [2.05, 4.69) is 254 Å². The molecule has 0 spiro atoms. The summed E-state index contributed by atoms with van der Waals surface area (Å²) in [4.78, 5) is 2.51. The van der Waals surface area contributed by atoms with E-state index in [1.54, 1.807) is 0 Å². The van der Waals surface area contributed by atoms with Crippen molar-refractivity contribution in [2.24, 2.45) is 0 Å². The Hall–Kier alpha value is -7.94. The van der Waals surface area contributed by atoms with Crippen molar-refractivity contribution in [1.29, 1.82) is 0 Å². The minimum Gasteiger partial charge on any atom is -0.309 e. The standard InChI is InChI=1S/C61H44N2/c1-61(2)53-27-14-11-26-51(53)60-54(61)28-17-31-58(60)63(55-29-15-12-24-48(55)50-38-34-42-18-9-10-23-47(42)59(50)43-19-5-3-6-20-43)46-36-32-41(33-37-46)44-35-39-57-52(40-44)49-25-13-16-30-56(49)62(57)45-21-7-4-8-22-45/h3-40H,1-2H3. The number of nitrogens with zero attached hydrogens (tertiary/aromatic N) is 2. The van der Waals surface area contributed by atoms with Crippen LogP contribution < -0.4 is 4.90 Å². The summed E-state index contributed by atoms with van der Waals surface area (Å²) in [6.07, 6.45) is 0. The predicted molar refractivity (Wildman–Crippen MR) is 267 cm³/mol. The Kier molecular flexibility index (Phi) is 8.55. The summed E-state index contributed by atoms with van der Waals surface area (Å²) < 4.78 is 2.38. The lowest BCUT2D eigenvalue weighted by Gasteiger charge is -2.31. The highest BCUT2D eigenvalue weighted by Crippen LogP contribution is 2.55. The quantitative estimate of drug-likeness (QED) is 0.156. The average Bonchev–Trinajstić information content (AvgIpc) is 3.80. The van der Waals surface area contributed by atoms with Crippen LogP contribution in [0, 0.1) is 0 Å². The van der Waals surface area contributed by atoms with Gasteiger partial charge in [0.1, 0.15) is 0 Å². The molecule has 63 heavy (non-hydrogen) atoms. The Morgan fingerprint density at radius 2 is 0.984 bits per heavy atom. The van der Waals surface area contributed by atoms with Crippen LogP contribution in [0.3, 0.4) is 0 Å². The molecule has 0 unspecified atom stereocenters. The van der Waals surface area contributed by atoms with Crippen molar-refractivity contribution in [2.75, 3.05) is 4.90 Å². The summed E-state index contributed by atoms with van der Waals surface area (Å²) in [5, 5.41) is 4.97. The first-order chi connectivity index (χ1) is 31.0. The van der Waals surface area contributed by atoms with Crippen molar-refractivity contribution in [2.45, 2.75) is 19.3 Å². The molecule has 0 bridgehead atoms. The van der Waals surface area contributed by atoms with Gasteiger partial charge < -0.3 is 9.47 Å². The number of fused-ring (bicyclic) bond motifs is 7. The van der Waals surface area contributed by atoms with E-state index in [0.717, 1.165) is 11.4 Å². The van der Waals surface area contributed by atoms with Crippen molar-refractivity contribution in [3.63, 3.8) is 0 Å². The third kappa shape index (κ3) is 5.86. The maximum Gasteiger partial charge on any atom is 0.0543 e. The van der Waals surface area contributed by atoms with Gasteiger partial charge in [-0.25, -0.2) is 0 Å². The number of hydrogen-bond donors (Lipinski definition) is 0. The summed E-state index contributed by atoms with van der Waals surface area (Å²) >= 11 is 0. The highest BCUT2D eigenvalue weighted by molar-refractivity contribution is 6.11. The Morgan fingerprint density at radius 3 is 1.81 bits per heavy atom. The first-order valence-corrected chi connectivity index (χ1v) is 21.9. The van der Waals surface area contributed by atoms with Crippen LogP contribution in [0.2, 0.25) is 0 Å². The third-order valence-corrected chi connectivity index (χ3v) is 13.4. The molecule has 1 aliphatic rings. The Bertz CT molecular complexity index is 3520. The van der Waals surface area contributed by atoms with Gasteiger partial charge >= 0.3 is 0 Å². The second-order valence-corrected chi connectivity index (χ2v) is 17.3. The zero-order chi connectivity index (χ0) is 42.1. The lowest BCUT2D eigenvalue weighted by atomic mass is 9.82. The number of para-hydroxylation sites is 3. The fourth-order valence-corrected chi connectivity index (χ4v) is 10.4. The van der Waals surface area contributed by atoms with E-state index in [9.17, 15) is 0 Å². The largest absolute Gasteiger partial charge is 0.309 e.